The van der Waals surface area contributed by atoms with E-state index in [9.17, 15) is 4.79 Å². The van der Waals surface area contributed by atoms with E-state index < -0.39 is 0 Å². The summed E-state index contributed by atoms with van der Waals surface area (Å²) in [5, 5.41) is 5.73. The molecule has 0 atom stereocenters. The van der Waals surface area contributed by atoms with Crippen molar-refractivity contribution in [2.75, 3.05) is 20.6 Å². The van der Waals surface area contributed by atoms with Crippen molar-refractivity contribution in [2.24, 2.45) is 0 Å². The zero-order valence-corrected chi connectivity index (χ0v) is 20.3. The maximum absolute atomic E-state index is 13.5. The number of aryl methyl sites for hydroxylation is 3. The van der Waals surface area contributed by atoms with Crippen LogP contribution in [0.15, 0.2) is 14.5 Å². The van der Waals surface area contributed by atoms with Gasteiger partial charge in [0.2, 0.25) is 5.89 Å². The molecule has 0 saturated carbocycles. The van der Waals surface area contributed by atoms with Crippen molar-refractivity contribution in [3.8, 4) is 0 Å². The lowest BCUT2D eigenvalue weighted by Crippen LogP contribution is -2.26. The third kappa shape index (κ3) is 5.21. The molecule has 1 aliphatic carbocycles. The third-order valence-corrected chi connectivity index (χ3v) is 7.77. The fourth-order valence-electron chi connectivity index (χ4n) is 3.98. The van der Waals surface area contributed by atoms with Crippen LogP contribution < -0.4 is 5.56 Å². The molecule has 0 N–H and O–H groups in total. The van der Waals surface area contributed by atoms with Crippen molar-refractivity contribution >= 4 is 33.3 Å². The molecule has 3 aromatic heterocycles. The normalized spacial score (nSPS) is 13.9. The number of rotatable bonds is 10. The SMILES string of the molecule is CCCCc1nc(CSc2nc3sc4c(c3c(=O)n2CCCN(C)C)CCCC4)no1. The molecule has 0 aliphatic heterocycles. The lowest BCUT2D eigenvalue weighted by Gasteiger charge is -2.14. The van der Waals surface area contributed by atoms with E-state index in [1.165, 1.54) is 28.6 Å². The topological polar surface area (TPSA) is 77.1 Å². The van der Waals surface area contributed by atoms with Crippen LogP contribution in [0.3, 0.4) is 0 Å². The van der Waals surface area contributed by atoms with Gasteiger partial charge in [0.15, 0.2) is 11.0 Å². The molecule has 3 heterocycles. The van der Waals surface area contributed by atoms with Gasteiger partial charge >= 0.3 is 0 Å². The smallest absolute Gasteiger partial charge is 0.263 e. The molecule has 168 valence electrons. The van der Waals surface area contributed by atoms with Gasteiger partial charge in [-0.25, -0.2) is 4.98 Å². The molecule has 7 nitrogen and oxygen atoms in total. The minimum Gasteiger partial charge on any atom is -0.339 e. The van der Waals surface area contributed by atoms with Gasteiger partial charge < -0.3 is 9.42 Å². The summed E-state index contributed by atoms with van der Waals surface area (Å²) >= 11 is 3.24. The second-order valence-corrected chi connectivity index (χ2v) is 10.4. The van der Waals surface area contributed by atoms with Crippen LogP contribution in [0, 0.1) is 0 Å². The van der Waals surface area contributed by atoms with Gasteiger partial charge in [0, 0.05) is 17.8 Å². The number of unbranched alkanes of at least 4 members (excludes halogenated alkanes) is 1. The molecular weight excluding hydrogens is 430 g/mol. The highest BCUT2D eigenvalue weighted by Crippen LogP contribution is 2.35. The standard InChI is InChI=1S/C22H31N5O2S2/c1-4-5-11-18-23-17(25-29-18)14-30-22-24-20-19(15-9-6-7-10-16(15)31-20)21(28)27(22)13-8-12-26(2)3/h4-14H2,1-3H3. The Hall–Kier alpha value is -1.71. The van der Waals surface area contributed by atoms with Gasteiger partial charge in [-0.3, -0.25) is 9.36 Å². The Morgan fingerprint density at radius 2 is 2.03 bits per heavy atom. The van der Waals surface area contributed by atoms with Crippen LogP contribution in [-0.2, 0) is 31.6 Å². The number of aromatic nitrogens is 4. The predicted octanol–water partition coefficient (Wildman–Crippen LogP) is 4.31. The highest BCUT2D eigenvalue weighted by molar-refractivity contribution is 7.98. The molecule has 0 unspecified atom stereocenters. The molecule has 0 saturated heterocycles. The van der Waals surface area contributed by atoms with Crippen molar-refractivity contribution in [3.05, 3.63) is 32.5 Å². The third-order valence-electron chi connectivity index (χ3n) is 5.61. The highest BCUT2D eigenvalue weighted by Gasteiger charge is 2.22. The van der Waals surface area contributed by atoms with Crippen molar-refractivity contribution in [1.82, 2.24) is 24.6 Å². The highest BCUT2D eigenvalue weighted by atomic mass is 32.2. The van der Waals surface area contributed by atoms with E-state index in [0.717, 1.165) is 66.9 Å². The van der Waals surface area contributed by atoms with Crippen LogP contribution in [0.1, 0.15) is 61.2 Å². The summed E-state index contributed by atoms with van der Waals surface area (Å²) in [7, 11) is 4.11. The number of fused-ring (bicyclic) bond motifs is 3. The van der Waals surface area contributed by atoms with E-state index in [0.29, 0.717) is 24.0 Å². The van der Waals surface area contributed by atoms with E-state index in [1.807, 2.05) is 4.57 Å². The molecule has 0 amide bonds. The van der Waals surface area contributed by atoms with Gasteiger partial charge in [0.1, 0.15) is 4.83 Å². The van der Waals surface area contributed by atoms with Crippen molar-refractivity contribution in [2.45, 2.75) is 75.7 Å². The van der Waals surface area contributed by atoms with Gasteiger partial charge in [-0.2, -0.15) is 4.98 Å². The second-order valence-electron chi connectivity index (χ2n) is 8.40. The van der Waals surface area contributed by atoms with E-state index in [4.69, 9.17) is 9.51 Å². The van der Waals surface area contributed by atoms with Crippen LogP contribution in [0.4, 0.5) is 0 Å². The van der Waals surface area contributed by atoms with Gasteiger partial charge in [0.25, 0.3) is 5.56 Å². The number of hydrogen-bond acceptors (Lipinski definition) is 8. The Kier molecular flexibility index (Phi) is 7.45. The quantitative estimate of drug-likeness (QED) is 0.329. The fraction of sp³-hybridized carbons (Fsp3) is 0.636. The number of hydrogen-bond donors (Lipinski definition) is 0. The summed E-state index contributed by atoms with van der Waals surface area (Å²) in [5.41, 5.74) is 1.36. The van der Waals surface area contributed by atoms with Gasteiger partial charge in [0.05, 0.1) is 11.1 Å². The lowest BCUT2D eigenvalue weighted by molar-refractivity contribution is 0.371. The number of thioether (sulfide) groups is 1. The first kappa shape index (κ1) is 22.5. The molecule has 0 fully saturated rings. The van der Waals surface area contributed by atoms with Crippen LogP contribution in [-0.4, -0.2) is 45.2 Å². The summed E-state index contributed by atoms with van der Waals surface area (Å²) in [5.74, 6) is 1.90. The number of nitrogens with zero attached hydrogens (tertiary/aromatic N) is 5. The molecule has 0 spiro atoms. The predicted molar refractivity (Wildman–Crippen MR) is 126 cm³/mol. The van der Waals surface area contributed by atoms with Crippen molar-refractivity contribution < 1.29 is 4.52 Å². The lowest BCUT2D eigenvalue weighted by atomic mass is 9.97. The molecule has 0 aromatic carbocycles. The average molecular weight is 462 g/mol. The van der Waals surface area contributed by atoms with Crippen LogP contribution in [0.25, 0.3) is 10.2 Å². The van der Waals surface area contributed by atoms with Crippen LogP contribution in [0.5, 0.6) is 0 Å². The molecule has 1 aliphatic rings. The maximum Gasteiger partial charge on any atom is 0.263 e. The van der Waals surface area contributed by atoms with Crippen LogP contribution >= 0.6 is 23.1 Å². The Labute approximate surface area is 191 Å². The zero-order chi connectivity index (χ0) is 21.8. The first-order chi connectivity index (χ1) is 15.1. The summed E-state index contributed by atoms with van der Waals surface area (Å²) in [6.07, 6.45) is 8.30. The second kappa shape index (κ2) is 10.3. The molecule has 31 heavy (non-hydrogen) atoms. The molecule has 9 heteroatoms. The van der Waals surface area contributed by atoms with E-state index in [-0.39, 0.29) is 5.56 Å². The van der Waals surface area contributed by atoms with Gasteiger partial charge in [-0.05, 0) is 64.7 Å². The summed E-state index contributed by atoms with van der Waals surface area (Å²) in [6.45, 7) is 3.75. The first-order valence-electron chi connectivity index (χ1n) is 11.2. The molecule has 4 rings (SSSR count). The van der Waals surface area contributed by atoms with E-state index in [2.05, 4.69) is 36.1 Å². The van der Waals surface area contributed by atoms with E-state index in [1.54, 1.807) is 11.3 Å². The van der Waals surface area contributed by atoms with Crippen molar-refractivity contribution in [3.63, 3.8) is 0 Å². The van der Waals surface area contributed by atoms with Crippen molar-refractivity contribution in [1.29, 1.82) is 0 Å². The van der Waals surface area contributed by atoms with Gasteiger partial charge in [-0.1, -0.05) is 30.3 Å². The maximum atomic E-state index is 13.5. The molecule has 0 bridgehead atoms. The molecular formula is C22H31N5O2S2. The van der Waals surface area contributed by atoms with Crippen LogP contribution in [0.2, 0.25) is 0 Å². The Morgan fingerprint density at radius 3 is 2.84 bits per heavy atom. The Balaban J connectivity index is 1.62. The Bertz CT molecular complexity index is 1090. The minimum atomic E-state index is 0.113. The Morgan fingerprint density at radius 1 is 1.19 bits per heavy atom. The number of thiophene rings is 1. The fourth-order valence-corrected chi connectivity index (χ4v) is 6.15. The summed E-state index contributed by atoms with van der Waals surface area (Å²) < 4.78 is 7.23. The first-order valence-corrected chi connectivity index (χ1v) is 13.0. The van der Waals surface area contributed by atoms with E-state index >= 15 is 0 Å². The average Bonchev–Trinajstić information content (AvgIpc) is 3.36. The van der Waals surface area contributed by atoms with Gasteiger partial charge in [-0.15, -0.1) is 11.3 Å². The minimum absolute atomic E-state index is 0.113. The molecule has 0 radical (unpaired) electrons. The summed E-state index contributed by atoms with van der Waals surface area (Å²) in [4.78, 5) is 27.4. The molecule has 3 aromatic rings. The largest absolute Gasteiger partial charge is 0.339 e. The monoisotopic (exact) mass is 461 g/mol. The zero-order valence-electron chi connectivity index (χ0n) is 18.6. The summed E-state index contributed by atoms with van der Waals surface area (Å²) in [6, 6.07) is 0.